The molecule has 0 saturated carbocycles. The molecule has 1 aromatic carbocycles. The van der Waals surface area contributed by atoms with Crippen LogP contribution >= 0.6 is 11.6 Å². The van der Waals surface area contributed by atoms with Crippen LogP contribution in [0.2, 0.25) is 5.02 Å². The van der Waals surface area contributed by atoms with Gasteiger partial charge in [-0.15, -0.1) is 0 Å². The molecule has 30 heavy (non-hydrogen) atoms. The first kappa shape index (κ1) is 22.4. The minimum absolute atomic E-state index is 0.267. The number of nitrogens with two attached hydrogens (primary N) is 2. The van der Waals surface area contributed by atoms with Gasteiger partial charge >= 0.3 is 0 Å². The maximum atomic E-state index is 12.4. The van der Waals surface area contributed by atoms with Gasteiger partial charge in [0.15, 0.2) is 0 Å². The highest BCUT2D eigenvalue weighted by Gasteiger charge is 2.27. The molecule has 2 aromatic rings. The Morgan fingerprint density at radius 3 is 2.53 bits per heavy atom. The zero-order valence-corrected chi connectivity index (χ0v) is 18.6. The first-order valence-corrected chi connectivity index (χ1v) is 11.2. The zero-order valence-electron chi connectivity index (χ0n) is 17.8. The second-order valence-electron chi connectivity index (χ2n) is 8.03. The van der Waals surface area contributed by atoms with Gasteiger partial charge in [-0.05, 0) is 93.1 Å². The summed E-state index contributed by atoms with van der Waals surface area (Å²) in [6.07, 6.45) is 11.1. The molecule has 6 heteroatoms. The number of benzene rings is 1. The summed E-state index contributed by atoms with van der Waals surface area (Å²) in [5, 5.41) is 0.735. The number of nitrogens with zero attached hydrogens (tertiary/aromatic N) is 2. The molecule has 0 aliphatic carbocycles. The fourth-order valence-corrected chi connectivity index (χ4v) is 4.49. The normalized spacial score (nSPS) is 15.2. The second-order valence-corrected chi connectivity index (χ2v) is 8.46. The summed E-state index contributed by atoms with van der Waals surface area (Å²) < 4.78 is 2.25. The number of hydrogen-bond acceptors (Lipinski definition) is 3. The van der Waals surface area contributed by atoms with Gasteiger partial charge in [0.05, 0.1) is 0 Å². The fourth-order valence-electron chi connectivity index (χ4n) is 4.36. The number of hydrogen-bond donors (Lipinski definition) is 2. The molecular weight excluding hydrogens is 396 g/mol. The minimum atomic E-state index is 0.267. The summed E-state index contributed by atoms with van der Waals surface area (Å²) in [7, 11) is 0. The molecule has 0 unspecified atom stereocenters. The van der Waals surface area contributed by atoms with Gasteiger partial charge in [0, 0.05) is 42.1 Å². The molecule has 0 radical (unpaired) electrons. The van der Waals surface area contributed by atoms with Gasteiger partial charge in [0.25, 0.3) is 0 Å². The number of piperidine rings is 1. The summed E-state index contributed by atoms with van der Waals surface area (Å²) in [4.78, 5) is 14.5. The molecule has 0 spiro atoms. The molecule has 1 aliphatic rings. The van der Waals surface area contributed by atoms with Crippen LogP contribution in [0.5, 0.6) is 0 Å². The monoisotopic (exact) mass is 428 g/mol. The van der Waals surface area contributed by atoms with Gasteiger partial charge in [-0.2, -0.15) is 0 Å². The molecule has 1 saturated heterocycles. The van der Waals surface area contributed by atoms with Gasteiger partial charge in [-0.1, -0.05) is 17.7 Å². The number of amides is 1. The molecule has 1 amide bonds. The van der Waals surface area contributed by atoms with Crippen LogP contribution in [0.4, 0.5) is 0 Å². The zero-order chi connectivity index (χ0) is 21.5. The van der Waals surface area contributed by atoms with Crippen molar-refractivity contribution in [2.45, 2.75) is 51.4 Å². The van der Waals surface area contributed by atoms with Crippen LogP contribution in [0.15, 0.2) is 42.7 Å². The first-order chi connectivity index (χ1) is 14.5. The van der Waals surface area contributed by atoms with Crippen LogP contribution < -0.4 is 11.5 Å². The van der Waals surface area contributed by atoms with E-state index in [1.54, 1.807) is 6.20 Å². The van der Waals surface area contributed by atoms with Crippen molar-refractivity contribution < 1.29 is 4.79 Å². The molecule has 1 aromatic heterocycles. The lowest BCUT2D eigenvalue weighted by Crippen LogP contribution is -2.37. The molecule has 5 nitrogen and oxygen atoms in total. The van der Waals surface area contributed by atoms with Crippen molar-refractivity contribution >= 4 is 17.5 Å². The summed E-state index contributed by atoms with van der Waals surface area (Å²) >= 11 is 6.07. The van der Waals surface area contributed by atoms with Crippen LogP contribution in [0.1, 0.15) is 54.8 Å². The van der Waals surface area contributed by atoms with Crippen molar-refractivity contribution in [3.05, 3.63) is 64.6 Å². The molecule has 0 atom stereocenters. The Morgan fingerprint density at radius 1 is 1.20 bits per heavy atom. The van der Waals surface area contributed by atoms with Crippen LogP contribution in [-0.2, 0) is 11.2 Å². The predicted molar refractivity (Wildman–Crippen MR) is 124 cm³/mol. The fraction of sp³-hybridized carbons (Fsp3) is 0.458. The third kappa shape index (κ3) is 5.27. The quantitative estimate of drug-likeness (QED) is 0.615. The Kier molecular flexibility index (Phi) is 8.00. The minimum Gasteiger partial charge on any atom is -0.405 e. The second kappa shape index (κ2) is 10.7. The van der Waals surface area contributed by atoms with Crippen molar-refractivity contribution in [1.29, 1.82) is 0 Å². The van der Waals surface area contributed by atoms with Gasteiger partial charge in [-0.3, -0.25) is 4.79 Å². The van der Waals surface area contributed by atoms with Crippen LogP contribution in [0.3, 0.4) is 0 Å². The van der Waals surface area contributed by atoms with Gasteiger partial charge in [0.2, 0.25) is 5.91 Å². The standard InChI is InChI=1S/C24H33ClN4O/c1-18-22(5-4-14-27)23(17-29(18)21-9-7-20(25)8-10-21)19-11-15-28(16-12-19)24(30)6-2-3-13-26/h4,7-10,14,17,19H,2-3,5-6,11-13,15-16,26-27H2,1H3. The van der Waals surface area contributed by atoms with E-state index in [2.05, 4.69) is 17.7 Å². The van der Waals surface area contributed by atoms with E-state index in [1.807, 2.05) is 35.2 Å². The van der Waals surface area contributed by atoms with E-state index in [9.17, 15) is 4.79 Å². The van der Waals surface area contributed by atoms with E-state index in [0.717, 1.165) is 55.9 Å². The summed E-state index contributed by atoms with van der Waals surface area (Å²) in [6, 6.07) is 7.93. The Morgan fingerprint density at radius 2 is 1.90 bits per heavy atom. The average Bonchev–Trinajstić information content (AvgIpc) is 3.09. The molecule has 162 valence electrons. The van der Waals surface area contributed by atoms with E-state index in [4.69, 9.17) is 23.1 Å². The van der Waals surface area contributed by atoms with Crippen molar-refractivity contribution in [3.63, 3.8) is 0 Å². The largest absolute Gasteiger partial charge is 0.405 e. The highest BCUT2D eigenvalue weighted by molar-refractivity contribution is 6.30. The van der Waals surface area contributed by atoms with Crippen LogP contribution in [-0.4, -0.2) is 35.0 Å². The van der Waals surface area contributed by atoms with E-state index in [-0.39, 0.29) is 5.91 Å². The third-order valence-corrected chi connectivity index (χ3v) is 6.36. The molecule has 0 bridgehead atoms. The maximum Gasteiger partial charge on any atom is 0.222 e. The first-order valence-electron chi connectivity index (χ1n) is 10.9. The Hall–Kier alpha value is -2.24. The summed E-state index contributed by atoms with van der Waals surface area (Å²) in [5.41, 5.74) is 16.2. The number of likely N-dealkylation sites (tertiary alicyclic amines) is 1. The molecule has 1 aliphatic heterocycles. The van der Waals surface area contributed by atoms with Crippen molar-refractivity contribution in [3.8, 4) is 5.69 Å². The topological polar surface area (TPSA) is 77.3 Å². The number of unbranched alkanes of at least 4 members (excludes halogenated alkanes) is 1. The van der Waals surface area contributed by atoms with E-state index in [1.165, 1.54) is 16.8 Å². The van der Waals surface area contributed by atoms with E-state index < -0.39 is 0 Å². The lowest BCUT2D eigenvalue weighted by molar-refractivity contribution is -0.132. The third-order valence-electron chi connectivity index (χ3n) is 6.11. The molecule has 1 fully saturated rings. The number of aromatic nitrogens is 1. The SMILES string of the molecule is Cc1c(CC=CN)c(C2CCN(C(=O)CCCCN)CC2)cn1-c1ccc(Cl)cc1. The maximum absolute atomic E-state index is 12.4. The smallest absolute Gasteiger partial charge is 0.222 e. The molecule has 2 heterocycles. The lowest BCUT2D eigenvalue weighted by atomic mass is 9.87. The average molecular weight is 429 g/mol. The van der Waals surface area contributed by atoms with Crippen LogP contribution in [0.25, 0.3) is 5.69 Å². The van der Waals surface area contributed by atoms with Gasteiger partial charge in [0.1, 0.15) is 0 Å². The number of carbonyl (C=O) groups is 1. The van der Waals surface area contributed by atoms with Crippen LogP contribution in [0, 0.1) is 6.92 Å². The highest BCUT2D eigenvalue weighted by Crippen LogP contribution is 2.35. The highest BCUT2D eigenvalue weighted by atomic mass is 35.5. The molecule has 3 rings (SSSR count). The number of carbonyl (C=O) groups excluding carboxylic acids is 1. The van der Waals surface area contributed by atoms with Crippen molar-refractivity contribution in [2.24, 2.45) is 11.5 Å². The molecule has 4 N–H and O–H groups in total. The lowest BCUT2D eigenvalue weighted by Gasteiger charge is -2.32. The number of rotatable bonds is 8. The molecular formula is C24H33ClN4O. The Balaban J connectivity index is 1.77. The van der Waals surface area contributed by atoms with Gasteiger partial charge < -0.3 is 20.9 Å². The predicted octanol–water partition coefficient (Wildman–Crippen LogP) is 4.29. The Labute approximate surface area is 184 Å². The van der Waals surface area contributed by atoms with Crippen molar-refractivity contribution in [1.82, 2.24) is 9.47 Å². The number of allylic oxidation sites excluding steroid dienone is 1. The van der Waals surface area contributed by atoms with E-state index >= 15 is 0 Å². The number of halogens is 1. The van der Waals surface area contributed by atoms with Gasteiger partial charge in [-0.25, -0.2) is 0 Å². The Bertz CT molecular complexity index is 864. The summed E-state index contributed by atoms with van der Waals surface area (Å²) in [6.45, 7) is 4.46. The van der Waals surface area contributed by atoms with Crippen molar-refractivity contribution in [2.75, 3.05) is 19.6 Å². The van der Waals surface area contributed by atoms with E-state index in [0.29, 0.717) is 18.9 Å². The summed E-state index contributed by atoms with van der Waals surface area (Å²) in [5.74, 6) is 0.717.